The lowest BCUT2D eigenvalue weighted by Gasteiger charge is -2.40. The Kier molecular flexibility index (Phi) is 5.28. The van der Waals surface area contributed by atoms with E-state index in [1.54, 1.807) is 7.11 Å². The van der Waals surface area contributed by atoms with Crippen molar-refractivity contribution in [1.29, 1.82) is 0 Å². The zero-order valence-electron chi connectivity index (χ0n) is 14.0. The summed E-state index contributed by atoms with van der Waals surface area (Å²) >= 11 is 0. The number of hydrogen-bond donors (Lipinski definition) is 1. The Morgan fingerprint density at radius 2 is 2.05 bits per heavy atom. The topological polar surface area (TPSA) is 32.7 Å². The molecular formula is C18H29NO2. The number of nitrogens with zero attached hydrogens (tertiary/aromatic N) is 1. The van der Waals surface area contributed by atoms with Gasteiger partial charge in [-0.2, -0.15) is 0 Å². The zero-order chi connectivity index (χ0) is 15.6. The summed E-state index contributed by atoms with van der Waals surface area (Å²) in [6.07, 6.45) is 2.77. The van der Waals surface area contributed by atoms with Gasteiger partial charge in [0.25, 0.3) is 0 Å². The van der Waals surface area contributed by atoms with Crippen LogP contribution in [0.25, 0.3) is 0 Å². The quantitative estimate of drug-likeness (QED) is 0.902. The molecule has 0 heterocycles. The second-order valence-electron chi connectivity index (χ2n) is 6.76. The standard InChI is InChI=1S/C18H29NO2/c1-12(2)10-13(3)19(4)17-9-6-14-11-15(21-5)7-8-16(14)18(17)20/h7-8,11-13,17-18,20H,6,9-10H2,1-5H3. The lowest BCUT2D eigenvalue weighted by Crippen LogP contribution is -2.44. The summed E-state index contributed by atoms with van der Waals surface area (Å²) in [5, 5.41) is 10.8. The molecule has 2 rings (SSSR count). The number of aliphatic hydroxyl groups excluding tert-OH is 1. The molecule has 3 atom stereocenters. The molecule has 1 aliphatic rings. The van der Waals surface area contributed by atoms with Crippen LogP contribution in [0.1, 0.15) is 50.8 Å². The second kappa shape index (κ2) is 6.80. The van der Waals surface area contributed by atoms with Gasteiger partial charge in [-0.3, -0.25) is 4.90 Å². The smallest absolute Gasteiger partial charge is 0.119 e. The minimum atomic E-state index is -0.403. The van der Waals surface area contributed by atoms with Crippen LogP contribution in [0.2, 0.25) is 0 Å². The van der Waals surface area contributed by atoms with Crippen LogP contribution in [0.5, 0.6) is 5.75 Å². The maximum absolute atomic E-state index is 10.8. The number of aryl methyl sites for hydroxylation is 1. The fraction of sp³-hybridized carbons (Fsp3) is 0.667. The van der Waals surface area contributed by atoms with E-state index in [4.69, 9.17) is 4.74 Å². The van der Waals surface area contributed by atoms with E-state index in [0.29, 0.717) is 12.0 Å². The summed E-state index contributed by atoms with van der Waals surface area (Å²) in [7, 11) is 3.83. The Bertz CT molecular complexity index is 472. The number of fused-ring (bicyclic) bond motifs is 1. The minimum Gasteiger partial charge on any atom is -0.497 e. The van der Waals surface area contributed by atoms with Gasteiger partial charge in [0, 0.05) is 12.1 Å². The molecule has 21 heavy (non-hydrogen) atoms. The van der Waals surface area contributed by atoms with Gasteiger partial charge in [0.1, 0.15) is 5.75 Å². The molecule has 0 aromatic heterocycles. The summed E-state index contributed by atoms with van der Waals surface area (Å²) < 4.78 is 5.28. The van der Waals surface area contributed by atoms with Crippen LogP contribution >= 0.6 is 0 Å². The Morgan fingerprint density at radius 1 is 1.33 bits per heavy atom. The number of benzene rings is 1. The molecule has 0 saturated heterocycles. The summed E-state index contributed by atoms with van der Waals surface area (Å²) in [6.45, 7) is 6.77. The number of rotatable bonds is 5. The van der Waals surface area contributed by atoms with Crippen molar-refractivity contribution < 1.29 is 9.84 Å². The van der Waals surface area contributed by atoms with Gasteiger partial charge >= 0.3 is 0 Å². The van der Waals surface area contributed by atoms with Crippen molar-refractivity contribution in [1.82, 2.24) is 4.90 Å². The molecule has 1 aromatic carbocycles. The number of likely N-dealkylation sites (N-methyl/N-ethyl adjacent to an activating group) is 1. The molecule has 1 aliphatic carbocycles. The van der Waals surface area contributed by atoms with E-state index in [0.717, 1.165) is 30.6 Å². The molecule has 0 fully saturated rings. The molecule has 0 radical (unpaired) electrons. The average molecular weight is 291 g/mol. The van der Waals surface area contributed by atoms with Gasteiger partial charge in [-0.1, -0.05) is 19.9 Å². The maximum Gasteiger partial charge on any atom is 0.119 e. The normalized spacial score (nSPS) is 23.2. The predicted molar refractivity (Wildman–Crippen MR) is 86.7 cm³/mol. The number of aliphatic hydroxyl groups is 1. The minimum absolute atomic E-state index is 0.208. The van der Waals surface area contributed by atoms with Crippen LogP contribution in [0, 0.1) is 5.92 Å². The van der Waals surface area contributed by atoms with Gasteiger partial charge in [0.2, 0.25) is 0 Å². The first-order valence-electron chi connectivity index (χ1n) is 8.00. The van der Waals surface area contributed by atoms with Gasteiger partial charge in [-0.15, -0.1) is 0 Å². The largest absolute Gasteiger partial charge is 0.497 e. The van der Waals surface area contributed by atoms with Crippen LogP contribution in [0.4, 0.5) is 0 Å². The van der Waals surface area contributed by atoms with Crippen molar-refractivity contribution in [3.63, 3.8) is 0 Å². The van der Waals surface area contributed by atoms with Gasteiger partial charge in [0.05, 0.1) is 13.2 Å². The van der Waals surface area contributed by atoms with Crippen LogP contribution in [0.3, 0.4) is 0 Å². The van der Waals surface area contributed by atoms with Crippen LogP contribution < -0.4 is 4.74 Å². The van der Waals surface area contributed by atoms with E-state index in [2.05, 4.69) is 38.8 Å². The fourth-order valence-electron chi connectivity index (χ4n) is 3.48. The van der Waals surface area contributed by atoms with Gasteiger partial charge in [0.15, 0.2) is 0 Å². The third-order valence-electron chi connectivity index (χ3n) is 4.77. The van der Waals surface area contributed by atoms with Crippen molar-refractivity contribution in [2.75, 3.05) is 14.2 Å². The molecule has 3 unspecified atom stereocenters. The molecule has 3 nitrogen and oxygen atoms in total. The van der Waals surface area contributed by atoms with Crippen LogP contribution in [0.15, 0.2) is 18.2 Å². The molecule has 1 N–H and O–H groups in total. The average Bonchev–Trinajstić information content (AvgIpc) is 2.45. The molecular weight excluding hydrogens is 262 g/mol. The highest BCUT2D eigenvalue weighted by Crippen LogP contribution is 2.35. The van der Waals surface area contributed by atoms with Gasteiger partial charge in [-0.25, -0.2) is 0 Å². The lowest BCUT2D eigenvalue weighted by molar-refractivity contribution is 0.0271. The van der Waals surface area contributed by atoms with E-state index >= 15 is 0 Å². The maximum atomic E-state index is 10.8. The summed E-state index contributed by atoms with van der Waals surface area (Å²) in [5.74, 6) is 1.56. The van der Waals surface area contributed by atoms with E-state index in [1.165, 1.54) is 5.56 Å². The molecule has 3 heteroatoms. The number of methoxy groups -OCH3 is 1. The van der Waals surface area contributed by atoms with Crippen molar-refractivity contribution in [2.45, 2.75) is 58.2 Å². The summed E-state index contributed by atoms with van der Waals surface area (Å²) in [4.78, 5) is 2.36. The third-order valence-corrected chi connectivity index (χ3v) is 4.77. The highest BCUT2D eigenvalue weighted by molar-refractivity contribution is 5.39. The zero-order valence-corrected chi connectivity index (χ0v) is 14.0. The first kappa shape index (κ1) is 16.3. The van der Waals surface area contributed by atoms with Crippen LogP contribution in [-0.4, -0.2) is 36.2 Å². The van der Waals surface area contributed by atoms with Crippen molar-refractivity contribution >= 4 is 0 Å². The molecule has 0 amide bonds. The molecule has 1 aromatic rings. The molecule has 0 spiro atoms. The first-order valence-corrected chi connectivity index (χ1v) is 8.00. The number of ether oxygens (including phenoxy) is 1. The van der Waals surface area contributed by atoms with E-state index in [1.807, 2.05) is 12.1 Å². The predicted octanol–water partition coefficient (Wildman–Crippen LogP) is 3.41. The van der Waals surface area contributed by atoms with E-state index in [9.17, 15) is 5.11 Å². The highest BCUT2D eigenvalue weighted by Gasteiger charge is 2.32. The second-order valence-corrected chi connectivity index (χ2v) is 6.76. The first-order chi connectivity index (χ1) is 9.93. The van der Waals surface area contributed by atoms with Crippen LogP contribution in [-0.2, 0) is 6.42 Å². The molecule has 118 valence electrons. The van der Waals surface area contributed by atoms with Crippen molar-refractivity contribution in [3.8, 4) is 5.75 Å². The summed E-state index contributed by atoms with van der Waals surface area (Å²) in [6, 6.07) is 6.73. The van der Waals surface area contributed by atoms with E-state index < -0.39 is 6.10 Å². The lowest BCUT2D eigenvalue weighted by atomic mass is 9.84. The fourth-order valence-corrected chi connectivity index (χ4v) is 3.48. The van der Waals surface area contributed by atoms with Gasteiger partial charge < -0.3 is 9.84 Å². The SMILES string of the molecule is COc1ccc2c(c1)CCC(N(C)C(C)CC(C)C)C2O. The monoisotopic (exact) mass is 291 g/mol. The number of hydrogen-bond acceptors (Lipinski definition) is 3. The molecule has 0 aliphatic heterocycles. The molecule has 0 saturated carbocycles. The Morgan fingerprint density at radius 3 is 2.67 bits per heavy atom. The van der Waals surface area contributed by atoms with Crippen molar-refractivity contribution in [3.05, 3.63) is 29.3 Å². The third kappa shape index (κ3) is 3.58. The Labute approximate surface area is 128 Å². The highest BCUT2D eigenvalue weighted by atomic mass is 16.5. The molecule has 0 bridgehead atoms. The van der Waals surface area contributed by atoms with E-state index in [-0.39, 0.29) is 6.04 Å². The van der Waals surface area contributed by atoms with Gasteiger partial charge in [-0.05, 0) is 62.4 Å². The summed E-state index contributed by atoms with van der Waals surface area (Å²) in [5.41, 5.74) is 2.29. The Balaban J connectivity index is 2.14. The van der Waals surface area contributed by atoms with Crippen molar-refractivity contribution in [2.24, 2.45) is 5.92 Å². The Hall–Kier alpha value is -1.06.